The first-order chi connectivity index (χ1) is 10.9. The average Bonchev–Trinajstić information content (AvgIpc) is 2.99. The lowest BCUT2D eigenvalue weighted by molar-refractivity contribution is 0.321. The molecule has 1 fully saturated rings. The molecule has 4 rings (SSSR count). The van der Waals surface area contributed by atoms with Gasteiger partial charge in [-0.05, 0) is 30.9 Å². The van der Waals surface area contributed by atoms with Crippen molar-refractivity contribution in [2.24, 2.45) is 5.92 Å². The molecule has 22 heavy (non-hydrogen) atoms. The van der Waals surface area contributed by atoms with Gasteiger partial charge in [0.05, 0.1) is 18.2 Å². The molecule has 5 heteroatoms. The molecule has 3 aromatic heterocycles. The molecule has 3 aromatic rings. The Morgan fingerprint density at radius 2 is 1.86 bits per heavy atom. The van der Waals surface area contributed by atoms with Crippen LogP contribution in [0.3, 0.4) is 0 Å². The number of rotatable bonds is 3. The summed E-state index contributed by atoms with van der Waals surface area (Å²) in [7, 11) is 0. The second-order valence-corrected chi connectivity index (χ2v) is 6.04. The van der Waals surface area contributed by atoms with Crippen molar-refractivity contribution in [1.29, 1.82) is 0 Å². The Labute approximate surface area is 129 Å². The first-order valence-electron chi connectivity index (χ1n) is 7.98. The van der Waals surface area contributed by atoms with Crippen LogP contribution in [0.5, 0.6) is 0 Å². The molecular weight excluding hydrogens is 274 g/mol. The molecule has 0 saturated heterocycles. The van der Waals surface area contributed by atoms with Crippen molar-refractivity contribution in [2.45, 2.75) is 38.6 Å². The van der Waals surface area contributed by atoms with Crippen LogP contribution in [-0.2, 0) is 6.54 Å². The van der Waals surface area contributed by atoms with E-state index in [4.69, 9.17) is 4.98 Å². The lowest BCUT2D eigenvalue weighted by Gasteiger charge is -2.21. The molecule has 0 bridgehead atoms. The Balaban J connectivity index is 1.67. The fraction of sp³-hybridized carbons (Fsp3) is 0.412. The monoisotopic (exact) mass is 293 g/mol. The van der Waals surface area contributed by atoms with Crippen molar-refractivity contribution in [3.05, 3.63) is 37.1 Å². The Bertz CT molecular complexity index is 759. The van der Waals surface area contributed by atoms with Gasteiger partial charge >= 0.3 is 0 Å². The number of hydrogen-bond donors (Lipinski definition) is 0. The maximum atomic E-state index is 4.78. The molecule has 0 aliphatic heterocycles. The highest BCUT2D eigenvalue weighted by molar-refractivity contribution is 5.70. The first kappa shape index (κ1) is 13.4. The Morgan fingerprint density at radius 1 is 1.05 bits per heavy atom. The van der Waals surface area contributed by atoms with Crippen LogP contribution in [-0.4, -0.2) is 24.5 Å². The largest absolute Gasteiger partial charge is 0.314 e. The van der Waals surface area contributed by atoms with Gasteiger partial charge in [0.25, 0.3) is 0 Å². The van der Waals surface area contributed by atoms with E-state index in [2.05, 4.69) is 19.5 Å². The van der Waals surface area contributed by atoms with Gasteiger partial charge in [0.1, 0.15) is 0 Å². The number of pyridine rings is 1. The Hall–Kier alpha value is -2.30. The number of fused-ring (bicyclic) bond motifs is 1. The summed E-state index contributed by atoms with van der Waals surface area (Å²) in [5, 5.41) is 0. The van der Waals surface area contributed by atoms with Crippen molar-refractivity contribution in [1.82, 2.24) is 24.5 Å². The Kier molecular flexibility index (Phi) is 3.54. The molecule has 1 aliphatic rings. The van der Waals surface area contributed by atoms with Crippen LogP contribution in [0, 0.1) is 5.92 Å². The molecular formula is C17H19N5. The fourth-order valence-corrected chi connectivity index (χ4v) is 3.28. The van der Waals surface area contributed by atoms with E-state index in [1.54, 1.807) is 18.6 Å². The van der Waals surface area contributed by atoms with Gasteiger partial charge in [-0.25, -0.2) is 15.0 Å². The maximum absolute atomic E-state index is 4.78. The summed E-state index contributed by atoms with van der Waals surface area (Å²) in [6.07, 6.45) is 13.9. The number of hydrogen-bond acceptors (Lipinski definition) is 4. The molecule has 0 N–H and O–H groups in total. The van der Waals surface area contributed by atoms with Crippen molar-refractivity contribution in [3.63, 3.8) is 0 Å². The van der Waals surface area contributed by atoms with E-state index in [0.29, 0.717) is 0 Å². The van der Waals surface area contributed by atoms with E-state index in [1.807, 2.05) is 18.5 Å². The zero-order valence-electron chi connectivity index (χ0n) is 12.5. The van der Waals surface area contributed by atoms with E-state index in [-0.39, 0.29) is 0 Å². The Morgan fingerprint density at radius 3 is 2.68 bits per heavy atom. The van der Waals surface area contributed by atoms with Crippen molar-refractivity contribution >= 4 is 11.3 Å². The molecule has 0 aromatic carbocycles. The van der Waals surface area contributed by atoms with Crippen molar-refractivity contribution in [3.8, 4) is 11.3 Å². The van der Waals surface area contributed by atoms with E-state index < -0.39 is 0 Å². The van der Waals surface area contributed by atoms with E-state index in [1.165, 1.54) is 32.1 Å². The predicted molar refractivity (Wildman–Crippen MR) is 85.1 cm³/mol. The normalized spacial score (nSPS) is 16.2. The van der Waals surface area contributed by atoms with E-state index >= 15 is 0 Å². The molecule has 3 heterocycles. The molecule has 5 nitrogen and oxygen atoms in total. The van der Waals surface area contributed by atoms with Gasteiger partial charge in [0.15, 0.2) is 11.3 Å². The van der Waals surface area contributed by atoms with Gasteiger partial charge in [0, 0.05) is 24.5 Å². The minimum absolute atomic E-state index is 0.730. The molecule has 0 atom stereocenters. The van der Waals surface area contributed by atoms with Crippen LogP contribution >= 0.6 is 0 Å². The summed E-state index contributed by atoms with van der Waals surface area (Å²) in [6.45, 7) is 1.00. The third kappa shape index (κ3) is 2.58. The predicted octanol–water partition coefficient (Wildman–Crippen LogP) is 3.47. The third-order valence-corrected chi connectivity index (χ3v) is 4.48. The van der Waals surface area contributed by atoms with Crippen LogP contribution in [0.25, 0.3) is 22.6 Å². The van der Waals surface area contributed by atoms with E-state index in [9.17, 15) is 0 Å². The highest BCUT2D eigenvalue weighted by Crippen LogP contribution is 2.26. The number of nitrogens with zero attached hydrogens (tertiary/aromatic N) is 5. The lowest BCUT2D eigenvalue weighted by atomic mass is 9.89. The van der Waals surface area contributed by atoms with Crippen LogP contribution in [0.15, 0.2) is 37.1 Å². The summed E-state index contributed by atoms with van der Waals surface area (Å²) in [6, 6.07) is 3.91. The smallest absolute Gasteiger partial charge is 0.197 e. The zero-order valence-corrected chi connectivity index (χ0v) is 12.5. The van der Waals surface area contributed by atoms with Gasteiger partial charge in [-0.1, -0.05) is 19.3 Å². The highest BCUT2D eigenvalue weighted by Gasteiger charge is 2.16. The topological polar surface area (TPSA) is 56.5 Å². The number of imidazole rings is 1. The van der Waals surface area contributed by atoms with E-state index in [0.717, 1.165) is 35.0 Å². The molecule has 1 aliphatic carbocycles. The van der Waals surface area contributed by atoms with Gasteiger partial charge < -0.3 is 4.57 Å². The number of aromatic nitrogens is 5. The average molecular weight is 293 g/mol. The minimum Gasteiger partial charge on any atom is -0.314 e. The summed E-state index contributed by atoms with van der Waals surface area (Å²) in [5.74, 6) is 0.748. The second kappa shape index (κ2) is 5.83. The SMILES string of the molecule is c1cc(-c2cnc3ncn(CC4CCCCC4)c3n2)ccn1. The molecule has 1 saturated carbocycles. The highest BCUT2D eigenvalue weighted by atomic mass is 15.1. The van der Waals surface area contributed by atoms with Gasteiger partial charge in [0.2, 0.25) is 0 Å². The second-order valence-electron chi connectivity index (χ2n) is 6.04. The molecule has 0 spiro atoms. The summed E-state index contributed by atoms with van der Waals surface area (Å²) in [4.78, 5) is 17.7. The third-order valence-electron chi connectivity index (χ3n) is 4.48. The first-order valence-corrected chi connectivity index (χ1v) is 7.98. The summed E-state index contributed by atoms with van der Waals surface area (Å²) < 4.78 is 2.17. The van der Waals surface area contributed by atoms with Gasteiger partial charge in [-0.2, -0.15) is 0 Å². The molecule has 112 valence electrons. The minimum atomic E-state index is 0.730. The molecule has 0 unspecified atom stereocenters. The molecule has 0 amide bonds. The van der Waals surface area contributed by atoms with Gasteiger partial charge in [-0.15, -0.1) is 0 Å². The summed E-state index contributed by atoms with van der Waals surface area (Å²) >= 11 is 0. The zero-order chi connectivity index (χ0) is 14.8. The molecule has 0 radical (unpaired) electrons. The fourth-order valence-electron chi connectivity index (χ4n) is 3.28. The lowest BCUT2D eigenvalue weighted by Crippen LogP contribution is -2.13. The summed E-state index contributed by atoms with van der Waals surface area (Å²) in [5.41, 5.74) is 3.53. The van der Waals surface area contributed by atoms with Crippen LogP contribution in [0.2, 0.25) is 0 Å². The van der Waals surface area contributed by atoms with Crippen molar-refractivity contribution in [2.75, 3.05) is 0 Å². The van der Waals surface area contributed by atoms with Crippen LogP contribution in [0.1, 0.15) is 32.1 Å². The van der Waals surface area contributed by atoms with Crippen molar-refractivity contribution < 1.29 is 0 Å². The van der Waals surface area contributed by atoms with Gasteiger partial charge in [-0.3, -0.25) is 4.98 Å². The maximum Gasteiger partial charge on any atom is 0.197 e. The quantitative estimate of drug-likeness (QED) is 0.742. The van der Waals surface area contributed by atoms with Crippen LogP contribution in [0.4, 0.5) is 0 Å². The standard InChI is InChI=1S/C17H19N5/c1-2-4-13(5-3-1)11-22-12-20-16-17(22)21-15(10-19-16)14-6-8-18-9-7-14/h6-10,12-13H,1-5,11H2. The van der Waals surface area contributed by atoms with Crippen LogP contribution < -0.4 is 0 Å².